The largest absolute Gasteiger partial charge is 0.384 e. The molecule has 0 heterocycles. The molecule has 2 N–H and O–H groups in total. The van der Waals surface area contributed by atoms with Gasteiger partial charge in [0, 0.05) is 6.04 Å². The fourth-order valence-corrected chi connectivity index (χ4v) is 0.466. The molecule has 0 fully saturated rings. The van der Waals surface area contributed by atoms with E-state index in [1.54, 1.807) is 0 Å². The average molecular weight is 145 g/mol. The summed E-state index contributed by atoms with van der Waals surface area (Å²) in [5.41, 5.74) is 0. The van der Waals surface area contributed by atoms with Crippen molar-refractivity contribution in [2.24, 2.45) is 0 Å². The Kier molecular flexibility index (Phi) is 4.03. The number of amides is 1. The first-order valence-corrected chi connectivity index (χ1v) is 3.56. The third-order valence-electron chi connectivity index (χ3n) is 1.38. The topological polar surface area (TPSA) is 49.3 Å². The molecular weight excluding hydrogens is 130 g/mol. The normalized spacial score (nSPS) is 16.0. The van der Waals surface area contributed by atoms with Crippen LogP contribution in [0.2, 0.25) is 0 Å². The van der Waals surface area contributed by atoms with E-state index in [0.29, 0.717) is 0 Å². The fourth-order valence-electron chi connectivity index (χ4n) is 0.466. The third-order valence-corrected chi connectivity index (χ3v) is 1.38. The molecule has 0 saturated heterocycles. The van der Waals surface area contributed by atoms with Crippen molar-refractivity contribution >= 4 is 5.91 Å². The molecule has 60 valence electrons. The Hall–Kier alpha value is -0.570. The molecule has 3 nitrogen and oxygen atoms in total. The Labute approximate surface area is 61.4 Å². The van der Waals surface area contributed by atoms with Crippen LogP contribution in [0.1, 0.15) is 27.2 Å². The van der Waals surface area contributed by atoms with Crippen molar-refractivity contribution in [2.45, 2.75) is 39.3 Å². The van der Waals surface area contributed by atoms with E-state index < -0.39 is 6.10 Å². The summed E-state index contributed by atoms with van der Waals surface area (Å²) in [7, 11) is 0. The van der Waals surface area contributed by atoms with Gasteiger partial charge in [0.2, 0.25) is 5.91 Å². The van der Waals surface area contributed by atoms with Crippen molar-refractivity contribution < 1.29 is 9.90 Å². The molecule has 0 saturated carbocycles. The maximum atomic E-state index is 10.8. The second-order valence-electron chi connectivity index (χ2n) is 2.49. The van der Waals surface area contributed by atoms with E-state index in [-0.39, 0.29) is 11.9 Å². The van der Waals surface area contributed by atoms with Crippen LogP contribution in [0.15, 0.2) is 0 Å². The first-order valence-electron chi connectivity index (χ1n) is 3.56. The zero-order valence-electron chi connectivity index (χ0n) is 6.72. The Morgan fingerprint density at radius 1 is 1.60 bits per heavy atom. The molecule has 0 rings (SSSR count). The summed E-state index contributed by atoms with van der Waals surface area (Å²) in [5.74, 6) is -0.297. The van der Waals surface area contributed by atoms with Crippen LogP contribution in [0.25, 0.3) is 0 Å². The molecular formula is C7H15NO2. The van der Waals surface area contributed by atoms with E-state index in [0.717, 1.165) is 6.42 Å². The summed E-state index contributed by atoms with van der Waals surface area (Å²) in [6.45, 7) is 5.34. The van der Waals surface area contributed by atoms with Crippen LogP contribution in [-0.2, 0) is 4.79 Å². The molecule has 0 aliphatic rings. The molecule has 0 aromatic rings. The Morgan fingerprint density at radius 3 is 2.40 bits per heavy atom. The van der Waals surface area contributed by atoms with Crippen molar-refractivity contribution in [1.82, 2.24) is 5.32 Å². The second-order valence-corrected chi connectivity index (χ2v) is 2.49. The molecule has 0 aliphatic heterocycles. The molecule has 0 spiro atoms. The van der Waals surface area contributed by atoms with Crippen molar-refractivity contribution in [3.63, 3.8) is 0 Å². The number of nitrogens with one attached hydrogen (secondary N) is 1. The molecule has 0 aromatic carbocycles. The van der Waals surface area contributed by atoms with Crippen LogP contribution in [0, 0.1) is 0 Å². The number of carbonyl (C=O) groups is 1. The highest BCUT2D eigenvalue weighted by Gasteiger charge is 2.09. The van der Waals surface area contributed by atoms with Gasteiger partial charge in [0.05, 0.1) is 0 Å². The van der Waals surface area contributed by atoms with Crippen LogP contribution < -0.4 is 5.32 Å². The second kappa shape index (κ2) is 4.28. The van der Waals surface area contributed by atoms with Gasteiger partial charge in [0.1, 0.15) is 6.10 Å². The summed E-state index contributed by atoms with van der Waals surface area (Å²) in [5, 5.41) is 11.4. The van der Waals surface area contributed by atoms with E-state index in [1.807, 2.05) is 13.8 Å². The van der Waals surface area contributed by atoms with Crippen molar-refractivity contribution in [1.29, 1.82) is 0 Å². The molecule has 0 aliphatic carbocycles. The molecule has 0 radical (unpaired) electrons. The summed E-state index contributed by atoms with van der Waals surface area (Å²) in [4.78, 5) is 10.8. The summed E-state index contributed by atoms with van der Waals surface area (Å²) in [6, 6.07) is 0.155. The SMILES string of the molecule is CC[C@@H](C)NC(=O)[C@H](C)O. The predicted octanol–water partition coefficient (Wildman–Crippen LogP) is 0.282. The number of hydrogen-bond donors (Lipinski definition) is 2. The lowest BCUT2D eigenvalue weighted by molar-refractivity contribution is -0.129. The minimum Gasteiger partial charge on any atom is -0.384 e. The first-order chi connectivity index (χ1) is 4.57. The number of aliphatic hydroxyl groups is 1. The van der Waals surface area contributed by atoms with Crippen molar-refractivity contribution in [3.05, 3.63) is 0 Å². The Balaban J connectivity index is 3.57. The highest BCUT2D eigenvalue weighted by atomic mass is 16.3. The van der Waals surface area contributed by atoms with E-state index in [4.69, 9.17) is 5.11 Å². The molecule has 0 unspecified atom stereocenters. The monoisotopic (exact) mass is 145 g/mol. The molecule has 10 heavy (non-hydrogen) atoms. The smallest absolute Gasteiger partial charge is 0.248 e. The van der Waals surface area contributed by atoms with Crippen molar-refractivity contribution in [3.8, 4) is 0 Å². The quantitative estimate of drug-likeness (QED) is 0.599. The van der Waals surface area contributed by atoms with Gasteiger partial charge in [-0.25, -0.2) is 0 Å². The molecule has 0 bridgehead atoms. The highest BCUT2D eigenvalue weighted by molar-refractivity contribution is 5.80. The molecule has 3 heteroatoms. The Bertz CT molecular complexity index is 112. The molecule has 1 amide bonds. The predicted molar refractivity (Wildman–Crippen MR) is 39.6 cm³/mol. The van der Waals surface area contributed by atoms with E-state index >= 15 is 0 Å². The maximum Gasteiger partial charge on any atom is 0.248 e. The van der Waals surface area contributed by atoms with Crippen LogP contribution in [0.3, 0.4) is 0 Å². The van der Waals surface area contributed by atoms with Gasteiger partial charge in [0.25, 0.3) is 0 Å². The van der Waals surface area contributed by atoms with Crippen LogP contribution >= 0.6 is 0 Å². The minimum absolute atomic E-state index is 0.155. The third kappa shape index (κ3) is 3.45. The van der Waals surface area contributed by atoms with Crippen LogP contribution in [-0.4, -0.2) is 23.2 Å². The first kappa shape index (κ1) is 9.43. The average Bonchev–Trinajstić information content (AvgIpc) is 1.87. The summed E-state index contributed by atoms with van der Waals surface area (Å²) < 4.78 is 0. The number of rotatable bonds is 3. The zero-order chi connectivity index (χ0) is 8.15. The van der Waals surface area contributed by atoms with Gasteiger partial charge in [-0.15, -0.1) is 0 Å². The van der Waals surface area contributed by atoms with Gasteiger partial charge in [-0.2, -0.15) is 0 Å². The van der Waals surface area contributed by atoms with E-state index in [2.05, 4.69) is 5.32 Å². The molecule has 0 aromatic heterocycles. The van der Waals surface area contributed by atoms with Gasteiger partial charge >= 0.3 is 0 Å². The minimum atomic E-state index is -0.894. The number of hydrogen-bond acceptors (Lipinski definition) is 2. The summed E-state index contributed by atoms with van der Waals surface area (Å²) in [6.07, 6.45) is -0.00708. The van der Waals surface area contributed by atoms with Gasteiger partial charge in [-0.1, -0.05) is 6.92 Å². The van der Waals surface area contributed by atoms with Gasteiger partial charge in [-0.05, 0) is 20.3 Å². The maximum absolute atomic E-state index is 10.8. The number of aliphatic hydroxyl groups excluding tert-OH is 1. The lowest BCUT2D eigenvalue weighted by Gasteiger charge is -2.12. The van der Waals surface area contributed by atoms with Gasteiger partial charge in [0.15, 0.2) is 0 Å². The summed E-state index contributed by atoms with van der Waals surface area (Å²) >= 11 is 0. The van der Waals surface area contributed by atoms with Crippen LogP contribution in [0.4, 0.5) is 0 Å². The van der Waals surface area contributed by atoms with E-state index in [1.165, 1.54) is 6.92 Å². The van der Waals surface area contributed by atoms with Crippen molar-refractivity contribution in [2.75, 3.05) is 0 Å². The zero-order valence-corrected chi connectivity index (χ0v) is 6.72. The lowest BCUT2D eigenvalue weighted by atomic mass is 10.2. The fraction of sp³-hybridized carbons (Fsp3) is 0.857. The van der Waals surface area contributed by atoms with Gasteiger partial charge < -0.3 is 10.4 Å². The van der Waals surface area contributed by atoms with Crippen LogP contribution in [0.5, 0.6) is 0 Å². The lowest BCUT2D eigenvalue weighted by Crippen LogP contribution is -2.38. The standard InChI is InChI=1S/C7H15NO2/c1-4-5(2)8-7(10)6(3)9/h5-6,9H,4H2,1-3H3,(H,8,10)/t5-,6+/m1/s1. The molecule has 2 atom stereocenters. The Morgan fingerprint density at radius 2 is 2.10 bits per heavy atom. The number of carbonyl (C=O) groups excluding carboxylic acids is 1. The van der Waals surface area contributed by atoms with Gasteiger partial charge in [-0.3, -0.25) is 4.79 Å². The van der Waals surface area contributed by atoms with E-state index in [9.17, 15) is 4.79 Å². The highest BCUT2D eigenvalue weighted by Crippen LogP contribution is 1.89.